The van der Waals surface area contributed by atoms with Gasteiger partial charge in [0.2, 0.25) is 5.43 Å². The van der Waals surface area contributed by atoms with Crippen LogP contribution in [0, 0.1) is 25.1 Å². The van der Waals surface area contributed by atoms with Crippen LogP contribution in [0.4, 0.5) is 13.2 Å². The van der Waals surface area contributed by atoms with Gasteiger partial charge in [0.15, 0.2) is 0 Å². The van der Waals surface area contributed by atoms with Gasteiger partial charge in [0.1, 0.15) is 11.4 Å². The number of amides is 1. The molecule has 0 fully saturated rings. The van der Waals surface area contributed by atoms with E-state index >= 15 is 0 Å². The lowest BCUT2D eigenvalue weighted by atomic mass is 9.98. The minimum Gasteiger partial charge on any atom is -0.348 e. The molecule has 5 nitrogen and oxygen atoms in total. The second kappa shape index (κ2) is 12.2. The molecule has 1 atom stereocenters. The first-order chi connectivity index (χ1) is 19.1. The van der Waals surface area contributed by atoms with Crippen LogP contribution in [0.5, 0.6) is 0 Å². The van der Waals surface area contributed by atoms with Crippen molar-refractivity contribution < 1.29 is 22.2 Å². The van der Waals surface area contributed by atoms with Crippen LogP contribution in [0.2, 0.25) is 0 Å². The molecule has 1 unspecified atom stereocenters. The van der Waals surface area contributed by atoms with Gasteiger partial charge in [-0.25, -0.2) is 13.2 Å². The van der Waals surface area contributed by atoms with Gasteiger partial charge in [0.25, 0.3) is 12.3 Å². The Morgan fingerprint density at radius 1 is 1.10 bits per heavy atom. The summed E-state index contributed by atoms with van der Waals surface area (Å²) in [5.41, 5.74) is 0.851. The Morgan fingerprint density at radius 3 is 2.45 bits per heavy atom. The maximum atomic E-state index is 14.8. The predicted octanol–water partition coefficient (Wildman–Crippen LogP) is 5.60. The second-order valence-corrected chi connectivity index (χ2v) is 10.5. The lowest BCUT2D eigenvalue weighted by Crippen LogP contribution is -2.31. The number of pyridine rings is 1. The Morgan fingerprint density at radius 2 is 1.82 bits per heavy atom. The molecule has 1 aromatic heterocycles. The molecule has 0 saturated heterocycles. The van der Waals surface area contributed by atoms with Crippen LogP contribution in [0.15, 0.2) is 82.6 Å². The third-order valence-corrected chi connectivity index (χ3v) is 7.43. The number of halogens is 3. The van der Waals surface area contributed by atoms with Gasteiger partial charge in [-0.05, 0) is 48.4 Å². The van der Waals surface area contributed by atoms with Crippen molar-refractivity contribution in [3.05, 3.63) is 122 Å². The third kappa shape index (κ3) is 6.24. The lowest BCUT2D eigenvalue weighted by molar-refractivity contribution is 0.0949. The third-order valence-electron chi connectivity index (χ3n) is 6.49. The molecule has 0 aliphatic rings. The van der Waals surface area contributed by atoms with Crippen molar-refractivity contribution in [1.29, 1.82) is 0 Å². The molecule has 204 valence electrons. The summed E-state index contributed by atoms with van der Waals surface area (Å²) in [5, 5.41) is 2.71. The van der Waals surface area contributed by atoms with Crippen LogP contribution < -0.4 is 10.7 Å². The molecule has 4 rings (SSSR count). The van der Waals surface area contributed by atoms with Gasteiger partial charge in [0.05, 0.1) is 6.54 Å². The van der Waals surface area contributed by atoms with Crippen molar-refractivity contribution in [3.63, 3.8) is 0 Å². The van der Waals surface area contributed by atoms with Crippen LogP contribution in [0.25, 0.3) is 11.1 Å². The number of aromatic nitrogens is 1. The van der Waals surface area contributed by atoms with Crippen molar-refractivity contribution in [2.24, 2.45) is 0 Å². The van der Waals surface area contributed by atoms with Crippen molar-refractivity contribution in [2.45, 2.75) is 31.3 Å². The zero-order valence-corrected chi connectivity index (χ0v) is 22.5. The van der Waals surface area contributed by atoms with Crippen LogP contribution in [-0.4, -0.2) is 20.9 Å². The molecule has 40 heavy (non-hydrogen) atoms. The Kier molecular flexibility index (Phi) is 8.70. The highest BCUT2D eigenvalue weighted by molar-refractivity contribution is 7.84. The van der Waals surface area contributed by atoms with Crippen LogP contribution in [0.1, 0.15) is 44.7 Å². The topological polar surface area (TPSA) is 68.2 Å². The molecule has 0 aliphatic carbocycles. The SMILES string of the molecule is C#Cc1ccc(Cn2cc(C(=O)NCc3ccc(S(C)=O)cc3)c(=O)c(-c3cccc(C(F)F)c3)c2C)c(F)c1. The maximum Gasteiger partial charge on any atom is 0.263 e. The summed E-state index contributed by atoms with van der Waals surface area (Å²) < 4.78 is 54.9. The van der Waals surface area contributed by atoms with Gasteiger partial charge in [-0.3, -0.25) is 13.8 Å². The van der Waals surface area contributed by atoms with Crippen molar-refractivity contribution in [3.8, 4) is 23.5 Å². The molecule has 0 bridgehead atoms. The first-order valence-corrected chi connectivity index (χ1v) is 13.7. The lowest BCUT2D eigenvalue weighted by Gasteiger charge is -2.18. The molecule has 1 amide bonds. The number of nitrogens with zero attached hydrogens (tertiary/aromatic N) is 1. The number of hydrogen-bond acceptors (Lipinski definition) is 3. The molecule has 0 aliphatic heterocycles. The number of alkyl halides is 2. The number of carbonyl (C=O) groups is 1. The molecule has 3 aromatic carbocycles. The van der Waals surface area contributed by atoms with Crippen molar-refractivity contribution in [1.82, 2.24) is 9.88 Å². The Bertz CT molecular complexity index is 1710. The van der Waals surface area contributed by atoms with Crippen LogP contribution >= 0.6 is 0 Å². The highest BCUT2D eigenvalue weighted by atomic mass is 32.2. The number of nitrogens with one attached hydrogen (secondary N) is 1. The van der Waals surface area contributed by atoms with E-state index < -0.39 is 34.4 Å². The van der Waals surface area contributed by atoms with Gasteiger partial charge in [-0.2, -0.15) is 0 Å². The first kappa shape index (κ1) is 28.6. The van der Waals surface area contributed by atoms with E-state index in [1.165, 1.54) is 42.6 Å². The molecule has 0 saturated carbocycles. The predicted molar refractivity (Wildman–Crippen MR) is 149 cm³/mol. The molecule has 1 N–H and O–H groups in total. The normalized spacial score (nSPS) is 11.7. The van der Waals surface area contributed by atoms with Gasteiger partial charge in [-0.1, -0.05) is 42.3 Å². The fourth-order valence-electron chi connectivity index (χ4n) is 4.28. The van der Waals surface area contributed by atoms with E-state index in [0.717, 1.165) is 5.56 Å². The van der Waals surface area contributed by atoms with Gasteiger partial charge in [-0.15, -0.1) is 6.42 Å². The number of carbonyl (C=O) groups excluding carboxylic acids is 1. The zero-order valence-electron chi connectivity index (χ0n) is 21.7. The smallest absolute Gasteiger partial charge is 0.263 e. The van der Waals surface area contributed by atoms with Crippen LogP contribution in [0.3, 0.4) is 0 Å². The monoisotopic (exact) mass is 562 g/mol. The molecule has 0 spiro atoms. The fraction of sp³-hybridized carbons (Fsp3) is 0.161. The summed E-state index contributed by atoms with van der Waals surface area (Å²) in [7, 11) is -1.15. The largest absolute Gasteiger partial charge is 0.348 e. The highest BCUT2D eigenvalue weighted by Gasteiger charge is 2.21. The average molecular weight is 563 g/mol. The summed E-state index contributed by atoms with van der Waals surface area (Å²) >= 11 is 0. The quantitative estimate of drug-likeness (QED) is 0.285. The minimum absolute atomic E-state index is 0.0414. The fourth-order valence-corrected chi connectivity index (χ4v) is 4.79. The van der Waals surface area contributed by atoms with Crippen molar-refractivity contribution in [2.75, 3.05) is 6.26 Å². The second-order valence-electron chi connectivity index (χ2n) is 9.12. The molecular weight excluding hydrogens is 537 g/mol. The molecule has 4 aromatic rings. The first-order valence-electron chi connectivity index (χ1n) is 12.2. The van der Waals surface area contributed by atoms with E-state index in [-0.39, 0.29) is 40.9 Å². The van der Waals surface area contributed by atoms with Crippen molar-refractivity contribution >= 4 is 16.7 Å². The number of terminal acetylenes is 1. The molecule has 9 heteroatoms. The summed E-state index contributed by atoms with van der Waals surface area (Å²) in [6, 6.07) is 16.5. The average Bonchev–Trinajstić information content (AvgIpc) is 2.94. The summed E-state index contributed by atoms with van der Waals surface area (Å²) in [4.78, 5) is 27.5. The minimum atomic E-state index is -2.76. The molecular formula is C31H25F3N2O3S. The standard InChI is InChI=1S/C31H25F3N2O3S/c1-4-20-8-11-24(27(32)14-20)17-36-18-26(31(38)35-16-21-9-12-25(13-10-21)40(3)39)29(37)28(19(36)2)22-6-5-7-23(15-22)30(33)34/h1,5-15,18,30H,16-17H2,2-3H3,(H,35,38). The van der Waals surface area contributed by atoms with Gasteiger partial charge >= 0.3 is 0 Å². The number of rotatable bonds is 8. The molecule has 0 radical (unpaired) electrons. The summed E-state index contributed by atoms with van der Waals surface area (Å²) in [6.07, 6.45) is 5.50. The summed E-state index contributed by atoms with van der Waals surface area (Å²) in [6.45, 7) is 1.65. The van der Waals surface area contributed by atoms with E-state index in [4.69, 9.17) is 6.42 Å². The maximum absolute atomic E-state index is 14.8. The van der Waals surface area contributed by atoms with E-state index in [9.17, 15) is 27.0 Å². The Balaban J connectivity index is 1.77. The zero-order chi connectivity index (χ0) is 29.0. The van der Waals surface area contributed by atoms with Gasteiger partial charge < -0.3 is 9.88 Å². The Hall–Kier alpha value is -4.42. The van der Waals surface area contributed by atoms with Gasteiger partial charge in [0, 0.05) is 62.6 Å². The molecule has 1 heterocycles. The number of hydrogen-bond donors (Lipinski definition) is 1. The van der Waals surface area contributed by atoms with E-state index in [1.54, 1.807) is 48.1 Å². The highest BCUT2D eigenvalue weighted by Crippen LogP contribution is 2.27. The Labute approximate surface area is 232 Å². The number of benzene rings is 3. The van der Waals surface area contributed by atoms with E-state index in [0.29, 0.717) is 16.2 Å². The van der Waals surface area contributed by atoms with E-state index in [1.807, 2.05) is 0 Å². The summed E-state index contributed by atoms with van der Waals surface area (Å²) in [5.74, 6) is 1.12. The van der Waals surface area contributed by atoms with E-state index in [2.05, 4.69) is 11.2 Å². The van der Waals surface area contributed by atoms with Crippen LogP contribution in [-0.2, 0) is 23.9 Å².